The second-order valence-electron chi connectivity index (χ2n) is 4.42. The molecule has 0 unspecified atom stereocenters. The molecular weight excluding hydrogens is 284 g/mol. The van der Waals surface area contributed by atoms with Crippen molar-refractivity contribution in [3.63, 3.8) is 0 Å². The lowest BCUT2D eigenvalue weighted by molar-refractivity contribution is 0.0788. The Balaban J connectivity index is 2.10. The molecule has 0 radical (unpaired) electrons. The SMILES string of the molecule is CN(Cc1ccccn1)C(=O)c1sccc1C#CCCO. The quantitative estimate of drug-likeness (QED) is 0.880. The summed E-state index contributed by atoms with van der Waals surface area (Å²) >= 11 is 1.38. The van der Waals surface area contributed by atoms with Gasteiger partial charge in [-0.15, -0.1) is 11.3 Å². The number of nitrogens with zero attached hydrogens (tertiary/aromatic N) is 2. The van der Waals surface area contributed by atoms with Gasteiger partial charge in [0.2, 0.25) is 0 Å². The van der Waals surface area contributed by atoms with Gasteiger partial charge in [-0.1, -0.05) is 17.9 Å². The van der Waals surface area contributed by atoms with E-state index in [0.29, 0.717) is 23.4 Å². The highest BCUT2D eigenvalue weighted by atomic mass is 32.1. The van der Waals surface area contributed by atoms with E-state index in [1.165, 1.54) is 11.3 Å². The summed E-state index contributed by atoms with van der Waals surface area (Å²) in [4.78, 5) is 18.9. The molecule has 0 fully saturated rings. The van der Waals surface area contributed by atoms with Gasteiger partial charge < -0.3 is 10.0 Å². The molecule has 0 saturated carbocycles. The maximum Gasteiger partial charge on any atom is 0.265 e. The van der Waals surface area contributed by atoms with Crippen molar-refractivity contribution in [3.05, 3.63) is 52.0 Å². The minimum Gasteiger partial charge on any atom is -0.395 e. The van der Waals surface area contributed by atoms with E-state index in [9.17, 15) is 4.79 Å². The lowest BCUT2D eigenvalue weighted by Gasteiger charge is -2.16. The minimum atomic E-state index is -0.0658. The van der Waals surface area contributed by atoms with Crippen LogP contribution in [0.4, 0.5) is 0 Å². The van der Waals surface area contributed by atoms with Gasteiger partial charge >= 0.3 is 0 Å². The summed E-state index contributed by atoms with van der Waals surface area (Å²) in [6.45, 7) is 0.487. The largest absolute Gasteiger partial charge is 0.395 e. The van der Waals surface area contributed by atoms with Crippen molar-refractivity contribution in [3.8, 4) is 11.8 Å². The van der Waals surface area contributed by atoms with Crippen molar-refractivity contribution < 1.29 is 9.90 Å². The molecular formula is C16H16N2O2S. The average Bonchev–Trinajstić information content (AvgIpc) is 2.96. The predicted octanol–water partition coefficient (Wildman–Crippen LogP) is 2.15. The highest BCUT2D eigenvalue weighted by Crippen LogP contribution is 2.18. The van der Waals surface area contributed by atoms with Gasteiger partial charge in [0, 0.05) is 25.2 Å². The normalized spacial score (nSPS) is 9.81. The molecule has 21 heavy (non-hydrogen) atoms. The molecule has 1 amide bonds. The fraction of sp³-hybridized carbons (Fsp3) is 0.250. The number of hydrogen-bond donors (Lipinski definition) is 1. The van der Waals surface area contributed by atoms with E-state index in [1.807, 2.05) is 29.6 Å². The molecule has 0 bridgehead atoms. The number of rotatable bonds is 4. The van der Waals surface area contributed by atoms with Crippen LogP contribution in [0, 0.1) is 11.8 Å². The van der Waals surface area contributed by atoms with Crippen LogP contribution in [-0.2, 0) is 6.54 Å². The number of amides is 1. The van der Waals surface area contributed by atoms with Gasteiger partial charge in [0.25, 0.3) is 5.91 Å². The molecule has 4 nitrogen and oxygen atoms in total. The Kier molecular flexibility index (Phi) is 5.50. The summed E-state index contributed by atoms with van der Waals surface area (Å²) < 4.78 is 0. The number of hydrogen-bond acceptors (Lipinski definition) is 4. The Hall–Kier alpha value is -2.16. The Labute approximate surface area is 128 Å². The smallest absolute Gasteiger partial charge is 0.265 e. The molecule has 2 heterocycles. The van der Waals surface area contributed by atoms with Gasteiger partial charge in [0.05, 0.1) is 18.8 Å². The maximum absolute atomic E-state index is 12.5. The van der Waals surface area contributed by atoms with E-state index in [0.717, 1.165) is 5.69 Å². The van der Waals surface area contributed by atoms with Crippen LogP contribution >= 0.6 is 11.3 Å². The van der Waals surface area contributed by atoms with Crippen molar-refractivity contribution in [2.75, 3.05) is 13.7 Å². The number of carbonyl (C=O) groups is 1. The third-order valence-electron chi connectivity index (χ3n) is 2.79. The molecule has 2 aromatic heterocycles. The van der Waals surface area contributed by atoms with Crippen molar-refractivity contribution in [2.24, 2.45) is 0 Å². The van der Waals surface area contributed by atoms with E-state index < -0.39 is 0 Å². The van der Waals surface area contributed by atoms with Gasteiger partial charge in [-0.05, 0) is 23.6 Å². The lowest BCUT2D eigenvalue weighted by atomic mass is 10.2. The van der Waals surface area contributed by atoms with E-state index in [1.54, 1.807) is 18.1 Å². The number of carbonyl (C=O) groups excluding carboxylic acids is 1. The molecule has 5 heteroatoms. The summed E-state index contributed by atoms with van der Waals surface area (Å²) in [5, 5.41) is 10.6. The average molecular weight is 300 g/mol. The van der Waals surface area contributed by atoms with E-state index in [2.05, 4.69) is 16.8 Å². The first kappa shape index (κ1) is 15.2. The van der Waals surface area contributed by atoms with Gasteiger partial charge in [0.1, 0.15) is 4.88 Å². The second-order valence-corrected chi connectivity index (χ2v) is 5.34. The first-order valence-corrected chi connectivity index (χ1v) is 7.43. The molecule has 0 aromatic carbocycles. The summed E-state index contributed by atoms with van der Waals surface area (Å²) in [7, 11) is 1.75. The van der Waals surface area contributed by atoms with Crippen LogP contribution in [0.25, 0.3) is 0 Å². The van der Waals surface area contributed by atoms with Gasteiger partial charge in [-0.3, -0.25) is 9.78 Å². The van der Waals surface area contributed by atoms with Crippen LogP contribution in [0.2, 0.25) is 0 Å². The third kappa shape index (κ3) is 4.15. The fourth-order valence-corrected chi connectivity index (χ4v) is 2.61. The van der Waals surface area contributed by atoms with Crippen molar-refractivity contribution in [2.45, 2.75) is 13.0 Å². The molecule has 0 spiro atoms. The van der Waals surface area contributed by atoms with Gasteiger partial charge in [-0.25, -0.2) is 0 Å². The maximum atomic E-state index is 12.5. The summed E-state index contributed by atoms with van der Waals surface area (Å²) in [5.41, 5.74) is 1.56. The molecule has 2 rings (SSSR count). The van der Waals surface area contributed by atoms with Crippen molar-refractivity contribution in [1.29, 1.82) is 0 Å². The zero-order valence-corrected chi connectivity index (χ0v) is 12.6. The highest BCUT2D eigenvalue weighted by Gasteiger charge is 2.17. The van der Waals surface area contributed by atoms with Crippen LogP contribution in [0.15, 0.2) is 35.8 Å². The number of aliphatic hydroxyl groups excluding tert-OH is 1. The zero-order valence-electron chi connectivity index (χ0n) is 11.7. The van der Waals surface area contributed by atoms with Gasteiger partial charge in [-0.2, -0.15) is 0 Å². The molecule has 108 valence electrons. The van der Waals surface area contributed by atoms with E-state index >= 15 is 0 Å². The first-order chi connectivity index (χ1) is 10.2. The molecule has 0 aliphatic carbocycles. The van der Waals surface area contributed by atoms with Crippen LogP contribution in [-0.4, -0.2) is 34.6 Å². The first-order valence-electron chi connectivity index (χ1n) is 6.55. The highest BCUT2D eigenvalue weighted by molar-refractivity contribution is 7.12. The monoisotopic (exact) mass is 300 g/mol. The van der Waals surface area contributed by atoms with Crippen molar-refractivity contribution >= 4 is 17.2 Å². The molecule has 0 aliphatic heterocycles. The standard InChI is InChI=1S/C16H16N2O2S/c1-18(12-14-7-2-4-9-17-14)16(20)15-13(8-11-21-15)6-3-5-10-19/h2,4,7-9,11,19H,5,10,12H2,1H3. The van der Waals surface area contributed by atoms with Crippen LogP contribution in [0.1, 0.15) is 27.3 Å². The Morgan fingerprint density at radius 3 is 3.00 bits per heavy atom. The lowest BCUT2D eigenvalue weighted by Crippen LogP contribution is -2.26. The molecule has 0 aliphatic rings. The minimum absolute atomic E-state index is 0.0278. The fourth-order valence-electron chi connectivity index (χ4n) is 1.77. The topological polar surface area (TPSA) is 53.4 Å². The Morgan fingerprint density at radius 2 is 2.29 bits per heavy atom. The predicted molar refractivity (Wildman–Crippen MR) is 82.9 cm³/mol. The second kappa shape index (κ2) is 7.58. The number of aliphatic hydroxyl groups is 1. The number of aromatic nitrogens is 1. The number of thiophene rings is 1. The van der Waals surface area contributed by atoms with Crippen LogP contribution < -0.4 is 0 Å². The Morgan fingerprint density at radius 1 is 1.43 bits per heavy atom. The van der Waals surface area contributed by atoms with E-state index in [4.69, 9.17) is 5.11 Å². The van der Waals surface area contributed by atoms with E-state index in [-0.39, 0.29) is 12.5 Å². The zero-order chi connectivity index (χ0) is 15.1. The summed E-state index contributed by atoms with van der Waals surface area (Å²) in [6, 6.07) is 7.47. The molecule has 0 atom stereocenters. The van der Waals surface area contributed by atoms with Gasteiger partial charge in [0.15, 0.2) is 0 Å². The molecule has 2 aromatic rings. The van der Waals surface area contributed by atoms with Crippen molar-refractivity contribution in [1.82, 2.24) is 9.88 Å². The Bertz CT molecular complexity index is 656. The molecule has 0 saturated heterocycles. The number of pyridine rings is 1. The summed E-state index contributed by atoms with van der Waals surface area (Å²) in [5.74, 6) is 5.71. The van der Waals surface area contributed by atoms with Crippen LogP contribution in [0.5, 0.6) is 0 Å². The summed E-state index contributed by atoms with van der Waals surface area (Å²) in [6.07, 6.45) is 2.12. The van der Waals surface area contributed by atoms with Crippen LogP contribution in [0.3, 0.4) is 0 Å². The third-order valence-corrected chi connectivity index (χ3v) is 3.69. The molecule has 1 N–H and O–H groups in total.